The molecule has 0 radical (unpaired) electrons. The van der Waals surface area contributed by atoms with Gasteiger partial charge in [-0.2, -0.15) is 17.0 Å². The summed E-state index contributed by atoms with van der Waals surface area (Å²) < 4.78 is 5.03. The predicted molar refractivity (Wildman–Crippen MR) is 64.9 cm³/mol. The Bertz CT molecular complexity index is 202. The molecule has 2 unspecified atom stereocenters. The van der Waals surface area contributed by atoms with Crippen molar-refractivity contribution >= 4 is 11.8 Å². The van der Waals surface area contributed by atoms with E-state index in [0.717, 1.165) is 25.2 Å². The fourth-order valence-corrected chi connectivity index (χ4v) is 3.41. The monoisotopic (exact) mass is 227 g/mol. The first kappa shape index (κ1) is 12.9. The van der Waals surface area contributed by atoms with Crippen LogP contribution in [0.4, 0.5) is 0 Å². The lowest BCUT2D eigenvalue weighted by Crippen LogP contribution is -2.14. The second kappa shape index (κ2) is 8.01. The van der Waals surface area contributed by atoms with Gasteiger partial charge in [0.1, 0.15) is 0 Å². The van der Waals surface area contributed by atoms with Gasteiger partial charge in [-0.1, -0.05) is 19.3 Å². The molecule has 0 heterocycles. The summed E-state index contributed by atoms with van der Waals surface area (Å²) in [5.74, 6) is 1.43. The molecule has 0 N–H and O–H groups in total. The lowest BCUT2D eigenvalue weighted by atomic mass is 10.0. The third-order valence-electron chi connectivity index (χ3n) is 2.94. The Morgan fingerprint density at radius 1 is 1.33 bits per heavy atom. The maximum atomic E-state index is 9.10. The van der Waals surface area contributed by atoms with Gasteiger partial charge in [0.2, 0.25) is 0 Å². The van der Waals surface area contributed by atoms with E-state index in [4.69, 9.17) is 10.00 Å². The van der Waals surface area contributed by atoms with Crippen LogP contribution < -0.4 is 0 Å². The topological polar surface area (TPSA) is 33.0 Å². The second-order valence-electron chi connectivity index (χ2n) is 4.13. The lowest BCUT2D eigenvalue weighted by molar-refractivity contribution is 0.200. The molecular formula is C12H21NOS. The van der Waals surface area contributed by atoms with E-state index in [2.05, 4.69) is 6.07 Å². The zero-order chi connectivity index (χ0) is 10.9. The first-order valence-corrected chi connectivity index (χ1v) is 6.93. The molecule has 1 rings (SSSR count). The fraction of sp³-hybridized carbons (Fsp3) is 0.917. The summed E-state index contributed by atoms with van der Waals surface area (Å²) >= 11 is 1.98. The second-order valence-corrected chi connectivity index (χ2v) is 5.48. The van der Waals surface area contributed by atoms with Crippen LogP contribution in [0.1, 0.15) is 38.5 Å². The van der Waals surface area contributed by atoms with Crippen molar-refractivity contribution in [2.75, 3.05) is 19.5 Å². The number of methoxy groups -OCH3 is 1. The van der Waals surface area contributed by atoms with E-state index in [1.807, 2.05) is 11.8 Å². The van der Waals surface area contributed by atoms with Gasteiger partial charge < -0.3 is 4.74 Å². The quantitative estimate of drug-likeness (QED) is 0.534. The zero-order valence-electron chi connectivity index (χ0n) is 9.58. The molecule has 0 saturated heterocycles. The molecule has 2 nitrogen and oxygen atoms in total. The van der Waals surface area contributed by atoms with Crippen molar-refractivity contribution in [3.8, 4) is 6.07 Å². The summed E-state index contributed by atoms with van der Waals surface area (Å²) in [4.78, 5) is 0. The normalized spacial score (nSPS) is 26.9. The summed E-state index contributed by atoms with van der Waals surface area (Å²) in [5.41, 5.74) is 0. The van der Waals surface area contributed by atoms with E-state index in [1.165, 1.54) is 25.7 Å². The van der Waals surface area contributed by atoms with Crippen LogP contribution in [0.5, 0.6) is 0 Å². The van der Waals surface area contributed by atoms with Gasteiger partial charge >= 0.3 is 0 Å². The van der Waals surface area contributed by atoms with Crippen molar-refractivity contribution < 1.29 is 4.74 Å². The first-order chi connectivity index (χ1) is 7.38. The van der Waals surface area contributed by atoms with Crippen molar-refractivity contribution in [3.63, 3.8) is 0 Å². The third kappa shape index (κ3) is 4.90. The van der Waals surface area contributed by atoms with Gasteiger partial charge in [0.15, 0.2) is 0 Å². The van der Waals surface area contributed by atoms with E-state index in [0.29, 0.717) is 11.2 Å². The van der Waals surface area contributed by atoms with Gasteiger partial charge in [0, 0.05) is 19.0 Å². The van der Waals surface area contributed by atoms with Gasteiger partial charge in [-0.05, 0) is 25.0 Å². The summed E-state index contributed by atoms with van der Waals surface area (Å²) in [5, 5.41) is 9.68. The van der Waals surface area contributed by atoms with Crippen LogP contribution in [0.3, 0.4) is 0 Å². The minimum atomic E-state index is 0.292. The van der Waals surface area contributed by atoms with E-state index in [-0.39, 0.29) is 0 Å². The minimum Gasteiger partial charge on any atom is -0.385 e. The molecule has 0 spiro atoms. The smallest absolute Gasteiger partial charge is 0.0667 e. The molecule has 3 heteroatoms. The zero-order valence-corrected chi connectivity index (χ0v) is 10.4. The maximum Gasteiger partial charge on any atom is 0.0667 e. The van der Waals surface area contributed by atoms with E-state index < -0.39 is 0 Å². The van der Waals surface area contributed by atoms with E-state index in [9.17, 15) is 0 Å². The Morgan fingerprint density at radius 3 is 2.87 bits per heavy atom. The number of hydrogen-bond acceptors (Lipinski definition) is 3. The Hall–Kier alpha value is -0.200. The fourth-order valence-electron chi connectivity index (χ4n) is 2.06. The summed E-state index contributed by atoms with van der Waals surface area (Å²) in [7, 11) is 1.74. The van der Waals surface area contributed by atoms with Crippen LogP contribution in [0, 0.1) is 17.2 Å². The maximum absolute atomic E-state index is 9.10. The van der Waals surface area contributed by atoms with Crippen LogP contribution in [0.15, 0.2) is 0 Å². The molecule has 1 saturated carbocycles. The number of thioether (sulfide) groups is 1. The number of rotatable bonds is 5. The van der Waals surface area contributed by atoms with Crippen LogP contribution in [0.25, 0.3) is 0 Å². The summed E-state index contributed by atoms with van der Waals surface area (Å²) in [6, 6.07) is 2.48. The summed E-state index contributed by atoms with van der Waals surface area (Å²) in [6.45, 7) is 0.844. The molecule has 0 bridgehead atoms. The molecule has 0 amide bonds. The molecule has 0 aromatic heterocycles. The highest BCUT2D eigenvalue weighted by Crippen LogP contribution is 2.32. The van der Waals surface area contributed by atoms with Crippen LogP contribution in [-0.2, 0) is 4.74 Å². The molecule has 1 fully saturated rings. The Morgan fingerprint density at radius 2 is 2.13 bits per heavy atom. The average molecular weight is 227 g/mol. The van der Waals surface area contributed by atoms with Gasteiger partial charge in [0.25, 0.3) is 0 Å². The van der Waals surface area contributed by atoms with Gasteiger partial charge in [-0.3, -0.25) is 0 Å². The Labute approximate surface area is 97.4 Å². The van der Waals surface area contributed by atoms with Crippen molar-refractivity contribution in [1.29, 1.82) is 5.26 Å². The van der Waals surface area contributed by atoms with Gasteiger partial charge in [0.05, 0.1) is 12.0 Å². The molecule has 0 aliphatic heterocycles. The Kier molecular flexibility index (Phi) is 6.87. The minimum absolute atomic E-state index is 0.292. The highest BCUT2D eigenvalue weighted by atomic mass is 32.2. The lowest BCUT2D eigenvalue weighted by Gasteiger charge is -2.18. The van der Waals surface area contributed by atoms with Crippen LogP contribution >= 0.6 is 11.8 Å². The van der Waals surface area contributed by atoms with E-state index in [1.54, 1.807) is 7.11 Å². The average Bonchev–Trinajstić information content (AvgIpc) is 2.49. The molecule has 0 aromatic carbocycles. The van der Waals surface area contributed by atoms with Gasteiger partial charge in [-0.15, -0.1) is 0 Å². The van der Waals surface area contributed by atoms with E-state index >= 15 is 0 Å². The van der Waals surface area contributed by atoms with Gasteiger partial charge in [-0.25, -0.2) is 0 Å². The number of ether oxygens (including phenoxy) is 1. The van der Waals surface area contributed by atoms with Crippen LogP contribution in [-0.4, -0.2) is 24.7 Å². The molecule has 2 atom stereocenters. The van der Waals surface area contributed by atoms with Crippen LogP contribution in [0.2, 0.25) is 0 Å². The standard InChI is InChI=1S/C12H21NOS/c1-14-8-5-9-15-12-7-4-2-3-6-11(12)10-13/h11-12H,2-9H2,1H3. The van der Waals surface area contributed by atoms with Crippen molar-refractivity contribution in [2.45, 2.75) is 43.8 Å². The Balaban J connectivity index is 2.26. The number of nitriles is 1. The number of hydrogen-bond donors (Lipinski definition) is 0. The molecule has 0 aromatic rings. The first-order valence-electron chi connectivity index (χ1n) is 5.88. The SMILES string of the molecule is COCCCSC1CCCCCC1C#N. The molecule has 15 heavy (non-hydrogen) atoms. The molecule has 1 aliphatic rings. The largest absolute Gasteiger partial charge is 0.385 e. The molecular weight excluding hydrogens is 206 g/mol. The van der Waals surface area contributed by atoms with Crippen molar-refractivity contribution in [2.24, 2.45) is 5.92 Å². The molecule has 86 valence electrons. The molecule has 1 aliphatic carbocycles. The highest BCUT2D eigenvalue weighted by molar-refractivity contribution is 7.99. The third-order valence-corrected chi connectivity index (χ3v) is 4.46. The number of nitrogens with zero attached hydrogens (tertiary/aromatic N) is 1. The van der Waals surface area contributed by atoms with Crippen molar-refractivity contribution in [1.82, 2.24) is 0 Å². The highest BCUT2D eigenvalue weighted by Gasteiger charge is 2.23. The van der Waals surface area contributed by atoms with Crippen molar-refractivity contribution in [3.05, 3.63) is 0 Å². The predicted octanol–water partition coefficient (Wildman–Crippen LogP) is 3.23. The summed E-state index contributed by atoms with van der Waals surface area (Å²) in [6.07, 6.45) is 7.31.